The van der Waals surface area contributed by atoms with Crippen molar-refractivity contribution in [2.45, 2.75) is 13.8 Å². The highest BCUT2D eigenvalue weighted by atomic mass is 16.2. The second-order valence-corrected chi connectivity index (χ2v) is 5.38. The standard InChI is InChI=1S/C16H19N5O/c1-12-14(11-18-13(2)19-12)16(22)21-9-7-20(8-10-21)15-5-3-4-6-17-15/h3-6,11H,7-10H2,1-2H3. The van der Waals surface area contributed by atoms with Crippen molar-refractivity contribution in [1.29, 1.82) is 0 Å². The molecule has 22 heavy (non-hydrogen) atoms. The third-order valence-electron chi connectivity index (χ3n) is 3.87. The fourth-order valence-corrected chi connectivity index (χ4v) is 2.64. The number of carbonyl (C=O) groups is 1. The third-order valence-corrected chi connectivity index (χ3v) is 3.87. The summed E-state index contributed by atoms with van der Waals surface area (Å²) in [6.45, 7) is 6.62. The molecule has 3 rings (SSSR count). The van der Waals surface area contributed by atoms with Crippen molar-refractivity contribution >= 4 is 11.7 Å². The van der Waals surface area contributed by atoms with Crippen LogP contribution in [-0.2, 0) is 0 Å². The Hall–Kier alpha value is -2.50. The van der Waals surface area contributed by atoms with E-state index >= 15 is 0 Å². The van der Waals surface area contributed by atoms with Gasteiger partial charge in [0, 0.05) is 38.6 Å². The van der Waals surface area contributed by atoms with Crippen LogP contribution in [0.4, 0.5) is 5.82 Å². The number of hydrogen-bond donors (Lipinski definition) is 0. The van der Waals surface area contributed by atoms with Crippen LogP contribution in [0.15, 0.2) is 30.6 Å². The maximum atomic E-state index is 12.6. The number of nitrogens with zero attached hydrogens (tertiary/aromatic N) is 5. The summed E-state index contributed by atoms with van der Waals surface area (Å²) in [6.07, 6.45) is 3.42. The first-order valence-electron chi connectivity index (χ1n) is 7.40. The van der Waals surface area contributed by atoms with Gasteiger partial charge in [-0.3, -0.25) is 4.79 Å². The molecular formula is C16H19N5O. The molecule has 1 aliphatic heterocycles. The molecule has 0 spiro atoms. The van der Waals surface area contributed by atoms with Gasteiger partial charge in [-0.2, -0.15) is 0 Å². The predicted octanol–water partition coefficient (Wildman–Crippen LogP) is 1.45. The largest absolute Gasteiger partial charge is 0.353 e. The summed E-state index contributed by atoms with van der Waals surface area (Å²) in [6, 6.07) is 5.88. The summed E-state index contributed by atoms with van der Waals surface area (Å²) in [7, 11) is 0. The van der Waals surface area contributed by atoms with E-state index in [1.807, 2.05) is 36.9 Å². The molecule has 1 saturated heterocycles. The second-order valence-electron chi connectivity index (χ2n) is 5.38. The summed E-state index contributed by atoms with van der Waals surface area (Å²) in [4.78, 5) is 29.4. The van der Waals surface area contributed by atoms with Crippen LogP contribution in [0.2, 0.25) is 0 Å². The molecule has 2 aromatic heterocycles. The van der Waals surface area contributed by atoms with Crippen LogP contribution in [-0.4, -0.2) is 51.9 Å². The van der Waals surface area contributed by atoms with Gasteiger partial charge in [0.1, 0.15) is 11.6 Å². The Bertz CT molecular complexity index is 665. The summed E-state index contributed by atoms with van der Waals surface area (Å²) in [5.74, 6) is 1.66. The van der Waals surface area contributed by atoms with Gasteiger partial charge in [-0.15, -0.1) is 0 Å². The van der Waals surface area contributed by atoms with Gasteiger partial charge in [0.05, 0.1) is 11.3 Å². The van der Waals surface area contributed by atoms with Gasteiger partial charge in [0.25, 0.3) is 5.91 Å². The van der Waals surface area contributed by atoms with Crippen molar-refractivity contribution in [2.75, 3.05) is 31.1 Å². The molecule has 0 bridgehead atoms. The van der Waals surface area contributed by atoms with E-state index in [2.05, 4.69) is 19.9 Å². The SMILES string of the molecule is Cc1ncc(C(=O)N2CCN(c3ccccn3)CC2)c(C)n1. The molecule has 6 nitrogen and oxygen atoms in total. The summed E-state index contributed by atoms with van der Waals surface area (Å²) in [5, 5.41) is 0. The van der Waals surface area contributed by atoms with Gasteiger partial charge < -0.3 is 9.80 Å². The average Bonchev–Trinajstić information content (AvgIpc) is 2.55. The van der Waals surface area contributed by atoms with Crippen LogP contribution >= 0.6 is 0 Å². The lowest BCUT2D eigenvalue weighted by Crippen LogP contribution is -2.49. The maximum absolute atomic E-state index is 12.6. The van der Waals surface area contributed by atoms with E-state index in [0.717, 1.165) is 24.6 Å². The third kappa shape index (κ3) is 2.90. The van der Waals surface area contributed by atoms with Crippen molar-refractivity contribution < 1.29 is 4.79 Å². The highest BCUT2D eigenvalue weighted by molar-refractivity contribution is 5.95. The highest BCUT2D eigenvalue weighted by Crippen LogP contribution is 2.15. The quantitative estimate of drug-likeness (QED) is 0.839. The number of anilines is 1. The highest BCUT2D eigenvalue weighted by Gasteiger charge is 2.24. The van der Waals surface area contributed by atoms with Crippen LogP contribution in [0.1, 0.15) is 21.9 Å². The Balaban J connectivity index is 1.67. The van der Waals surface area contributed by atoms with E-state index in [1.165, 1.54) is 0 Å². The van der Waals surface area contributed by atoms with E-state index in [-0.39, 0.29) is 5.91 Å². The smallest absolute Gasteiger partial charge is 0.257 e. The molecular weight excluding hydrogens is 278 g/mol. The zero-order valence-corrected chi connectivity index (χ0v) is 12.9. The van der Waals surface area contributed by atoms with Gasteiger partial charge >= 0.3 is 0 Å². The van der Waals surface area contributed by atoms with Gasteiger partial charge in [-0.05, 0) is 26.0 Å². The molecule has 1 fully saturated rings. The van der Waals surface area contributed by atoms with Crippen LogP contribution in [0.3, 0.4) is 0 Å². The minimum atomic E-state index is 0.0122. The number of piperazine rings is 1. The lowest BCUT2D eigenvalue weighted by atomic mass is 10.2. The zero-order chi connectivity index (χ0) is 15.5. The molecule has 0 radical (unpaired) electrons. The van der Waals surface area contributed by atoms with Gasteiger partial charge in [-0.25, -0.2) is 15.0 Å². The van der Waals surface area contributed by atoms with Crippen LogP contribution in [0, 0.1) is 13.8 Å². The molecule has 0 atom stereocenters. The summed E-state index contributed by atoms with van der Waals surface area (Å²) in [5.41, 5.74) is 1.33. The molecule has 0 unspecified atom stereocenters. The number of amides is 1. The number of pyridine rings is 1. The van der Waals surface area contributed by atoms with Crippen molar-refractivity contribution in [3.05, 3.63) is 47.7 Å². The van der Waals surface area contributed by atoms with Crippen molar-refractivity contribution in [3.8, 4) is 0 Å². The molecule has 0 saturated carbocycles. The van der Waals surface area contributed by atoms with E-state index < -0.39 is 0 Å². The number of aryl methyl sites for hydroxylation is 2. The van der Waals surface area contributed by atoms with Crippen LogP contribution in [0.5, 0.6) is 0 Å². The van der Waals surface area contributed by atoms with Crippen LogP contribution < -0.4 is 4.90 Å². The molecule has 1 amide bonds. The first-order chi connectivity index (χ1) is 10.6. The van der Waals surface area contributed by atoms with E-state index in [4.69, 9.17) is 0 Å². The van der Waals surface area contributed by atoms with E-state index in [1.54, 1.807) is 12.4 Å². The minimum Gasteiger partial charge on any atom is -0.353 e. The Kier molecular flexibility index (Phi) is 4.00. The van der Waals surface area contributed by atoms with Gasteiger partial charge in [0.2, 0.25) is 0 Å². The van der Waals surface area contributed by atoms with Crippen LogP contribution in [0.25, 0.3) is 0 Å². The Morgan fingerprint density at radius 2 is 1.86 bits per heavy atom. The molecule has 2 aromatic rings. The number of hydrogen-bond acceptors (Lipinski definition) is 5. The van der Waals surface area contributed by atoms with Gasteiger partial charge in [0.15, 0.2) is 0 Å². The summed E-state index contributed by atoms with van der Waals surface area (Å²) < 4.78 is 0. The van der Waals surface area contributed by atoms with Crippen molar-refractivity contribution in [2.24, 2.45) is 0 Å². The first-order valence-corrected chi connectivity index (χ1v) is 7.40. The Morgan fingerprint density at radius 3 is 2.50 bits per heavy atom. The number of carbonyl (C=O) groups excluding carboxylic acids is 1. The van der Waals surface area contributed by atoms with Crippen molar-refractivity contribution in [3.63, 3.8) is 0 Å². The van der Waals surface area contributed by atoms with E-state index in [0.29, 0.717) is 24.5 Å². The average molecular weight is 297 g/mol. The first kappa shape index (κ1) is 14.4. The minimum absolute atomic E-state index is 0.0122. The molecule has 3 heterocycles. The topological polar surface area (TPSA) is 62.2 Å². The predicted molar refractivity (Wildman–Crippen MR) is 83.9 cm³/mol. The summed E-state index contributed by atoms with van der Waals surface area (Å²) >= 11 is 0. The van der Waals surface area contributed by atoms with Crippen molar-refractivity contribution in [1.82, 2.24) is 19.9 Å². The molecule has 6 heteroatoms. The normalized spacial score (nSPS) is 15.0. The van der Waals surface area contributed by atoms with E-state index in [9.17, 15) is 4.79 Å². The Morgan fingerprint density at radius 1 is 1.09 bits per heavy atom. The molecule has 1 aliphatic rings. The lowest BCUT2D eigenvalue weighted by Gasteiger charge is -2.35. The van der Waals surface area contributed by atoms with Gasteiger partial charge in [-0.1, -0.05) is 6.07 Å². The number of aromatic nitrogens is 3. The fraction of sp³-hybridized carbons (Fsp3) is 0.375. The molecule has 0 aliphatic carbocycles. The lowest BCUT2D eigenvalue weighted by molar-refractivity contribution is 0.0744. The fourth-order valence-electron chi connectivity index (χ4n) is 2.64. The monoisotopic (exact) mass is 297 g/mol. The second kappa shape index (κ2) is 6.09. The number of rotatable bonds is 2. The molecule has 114 valence electrons. The Labute approximate surface area is 129 Å². The molecule has 0 N–H and O–H groups in total. The molecule has 0 aromatic carbocycles. The zero-order valence-electron chi connectivity index (χ0n) is 12.9. The maximum Gasteiger partial charge on any atom is 0.257 e.